The quantitative estimate of drug-likeness (QED) is 0.604. The van der Waals surface area contributed by atoms with Gasteiger partial charge in [-0.05, 0) is 63.3 Å². The number of hydrogen-bond acceptors (Lipinski definition) is 4. The molecule has 0 bridgehead atoms. The van der Waals surface area contributed by atoms with Crippen molar-refractivity contribution in [3.8, 4) is 5.69 Å². The molecule has 1 amide bonds. The molecule has 6 nitrogen and oxygen atoms in total. The predicted molar refractivity (Wildman–Crippen MR) is 131 cm³/mol. The molecule has 0 aliphatic carbocycles. The number of rotatable bonds is 5. The zero-order valence-electron chi connectivity index (χ0n) is 20.5. The van der Waals surface area contributed by atoms with Gasteiger partial charge in [-0.25, -0.2) is 4.68 Å². The Balaban J connectivity index is 1.55. The molecule has 4 rings (SSSR count). The second-order valence-corrected chi connectivity index (χ2v) is 10.4. The topological polar surface area (TPSA) is 79.4 Å². The van der Waals surface area contributed by atoms with Crippen LogP contribution in [-0.4, -0.2) is 34.0 Å². The molecular formula is C26H32BN3O3. The number of carbonyl (C=O) groups is 1. The molecule has 1 aromatic heterocycles. The first-order valence-corrected chi connectivity index (χ1v) is 11.2. The van der Waals surface area contributed by atoms with E-state index in [1.54, 1.807) is 4.68 Å². The van der Waals surface area contributed by atoms with Gasteiger partial charge in [0, 0.05) is 17.2 Å². The first kappa shape index (κ1) is 23.3. The molecule has 0 atom stereocenters. The number of benzene rings is 2. The summed E-state index contributed by atoms with van der Waals surface area (Å²) in [5, 5.41) is 4.32. The zero-order valence-corrected chi connectivity index (χ0v) is 20.5. The smallest absolute Gasteiger partial charge is 0.399 e. The van der Waals surface area contributed by atoms with Gasteiger partial charge in [0.2, 0.25) is 0 Å². The summed E-state index contributed by atoms with van der Waals surface area (Å²) < 4.78 is 14.0. The summed E-state index contributed by atoms with van der Waals surface area (Å²) in [6.45, 7) is 14.5. The van der Waals surface area contributed by atoms with Crippen LogP contribution in [0.1, 0.15) is 68.7 Å². The highest BCUT2D eigenvalue weighted by molar-refractivity contribution is 6.62. The van der Waals surface area contributed by atoms with Crippen molar-refractivity contribution in [2.45, 2.75) is 65.1 Å². The lowest BCUT2D eigenvalue weighted by Gasteiger charge is -2.32. The van der Waals surface area contributed by atoms with Gasteiger partial charge in [0.05, 0.1) is 16.9 Å². The van der Waals surface area contributed by atoms with Crippen molar-refractivity contribution in [3.05, 3.63) is 77.1 Å². The number of amides is 1. The second-order valence-electron chi connectivity index (χ2n) is 10.4. The molecule has 2 aromatic carbocycles. The van der Waals surface area contributed by atoms with Crippen LogP contribution in [0.25, 0.3) is 5.69 Å². The van der Waals surface area contributed by atoms with E-state index in [1.165, 1.54) is 11.1 Å². The van der Waals surface area contributed by atoms with Gasteiger partial charge < -0.3 is 15.0 Å². The lowest BCUT2D eigenvalue weighted by atomic mass is 9.74. The monoisotopic (exact) mass is 445 g/mol. The minimum atomic E-state index is -0.520. The van der Waals surface area contributed by atoms with E-state index >= 15 is 0 Å². The van der Waals surface area contributed by atoms with E-state index in [0.29, 0.717) is 5.69 Å². The van der Waals surface area contributed by atoms with E-state index in [0.717, 1.165) is 16.7 Å². The zero-order chi connectivity index (χ0) is 24.2. The summed E-state index contributed by atoms with van der Waals surface area (Å²) in [5.74, 6) is -0.520. The second kappa shape index (κ2) is 7.85. The average Bonchev–Trinajstić information content (AvgIpc) is 3.24. The van der Waals surface area contributed by atoms with E-state index in [9.17, 15) is 4.79 Å². The van der Waals surface area contributed by atoms with Gasteiger partial charge in [-0.2, -0.15) is 5.10 Å². The maximum atomic E-state index is 11.5. The third kappa shape index (κ3) is 4.11. The van der Waals surface area contributed by atoms with Crippen LogP contribution in [0, 0.1) is 6.92 Å². The number of nitrogens with two attached hydrogens (primary N) is 1. The summed E-state index contributed by atoms with van der Waals surface area (Å²) in [7, 11) is -0.366. The summed E-state index contributed by atoms with van der Waals surface area (Å²) in [4.78, 5) is 11.5. The minimum Gasteiger partial charge on any atom is -0.399 e. The molecule has 1 aliphatic heterocycles. The van der Waals surface area contributed by atoms with Crippen molar-refractivity contribution in [1.29, 1.82) is 0 Å². The molecule has 1 saturated heterocycles. The van der Waals surface area contributed by atoms with Crippen LogP contribution in [-0.2, 0) is 14.7 Å². The van der Waals surface area contributed by atoms with E-state index < -0.39 is 5.91 Å². The lowest BCUT2D eigenvalue weighted by molar-refractivity contribution is 0.00578. The van der Waals surface area contributed by atoms with Crippen LogP contribution in [0.15, 0.2) is 54.7 Å². The van der Waals surface area contributed by atoms with Crippen LogP contribution in [0.4, 0.5) is 0 Å². The molecule has 2 heterocycles. The van der Waals surface area contributed by atoms with E-state index in [1.807, 2.05) is 25.3 Å². The molecule has 7 heteroatoms. The number of carbonyl (C=O) groups excluding carboxylic acids is 1. The number of aryl methyl sites for hydroxylation is 1. The predicted octanol–water partition coefficient (Wildman–Crippen LogP) is 3.90. The first-order valence-electron chi connectivity index (χ1n) is 11.2. The summed E-state index contributed by atoms with van der Waals surface area (Å²) in [6, 6.07) is 16.7. The van der Waals surface area contributed by atoms with Crippen LogP contribution in [0.2, 0.25) is 0 Å². The highest BCUT2D eigenvalue weighted by Gasteiger charge is 2.51. The Morgan fingerprint density at radius 3 is 1.88 bits per heavy atom. The molecule has 1 aliphatic rings. The summed E-state index contributed by atoms with van der Waals surface area (Å²) >= 11 is 0. The van der Waals surface area contributed by atoms with Crippen molar-refractivity contribution in [3.63, 3.8) is 0 Å². The lowest BCUT2D eigenvalue weighted by Crippen LogP contribution is -2.41. The molecule has 33 heavy (non-hydrogen) atoms. The van der Waals surface area contributed by atoms with E-state index in [4.69, 9.17) is 15.0 Å². The maximum Gasteiger partial charge on any atom is 0.494 e. The molecule has 0 spiro atoms. The maximum absolute atomic E-state index is 11.5. The van der Waals surface area contributed by atoms with Gasteiger partial charge in [-0.1, -0.05) is 50.2 Å². The Kier molecular flexibility index (Phi) is 5.54. The van der Waals surface area contributed by atoms with E-state index in [-0.39, 0.29) is 23.7 Å². The minimum absolute atomic E-state index is 0.203. The number of hydrogen-bond donors (Lipinski definition) is 1. The molecule has 0 unspecified atom stereocenters. The van der Waals surface area contributed by atoms with Crippen molar-refractivity contribution in [2.75, 3.05) is 0 Å². The molecule has 2 N–H and O–H groups in total. The summed E-state index contributed by atoms with van der Waals surface area (Å²) in [5.41, 5.74) is 9.79. The first-order chi connectivity index (χ1) is 15.3. The van der Waals surface area contributed by atoms with Crippen LogP contribution >= 0.6 is 0 Å². The Morgan fingerprint density at radius 2 is 1.42 bits per heavy atom. The van der Waals surface area contributed by atoms with Crippen molar-refractivity contribution in [2.24, 2.45) is 5.73 Å². The van der Waals surface area contributed by atoms with Gasteiger partial charge in [0.1, 0.15) is 0 Å². The molecule has 3 aromatic rings. The van der Waals surface area contributed by atoms with Crippen molar-refractivity contribution >= 4 is 18.5 Å². The molecule has 172 valence electrons. The number of nitrogens with zero attached hydrogens (tertiary/aromatic N) is 2. The van der Waals surface area contributed by atoms with E-state index in [2.05, 4.69) is 83.0 Å². The third-order valence-corrected chi connectivity index (χ3v) is 7.14. The average molecular weight is 445 g/mol. The standard InChI is InChI=1S/C26H32BN3O3/c1-17-16-30(29-22(17)23(28)31)21-14-10-19(11-15-21)24(2,3)18-8-12-20(13-9-18)27-32-25(4,5)26(6,7)33-27/h8-16H,1-7H3,(H2,28,31). The largest absolute Gasteiger partial charge is 0.494 e. The van der Waals surface area contributed by atoms with Gasteiger partial charge in [-0.3, -0.25) is 4.79 Å². The molecule has 0 radical (unpaired) electrons. The highest BCUT2D eigenvalue weighted by Crippen LogP contribution is 2.37. The molecule has 1 fully saturated rings. The van der Waals surface area contributed by atoms with Gasteiger partial charge in [0.15, 0.2) is 5.69 Å². The fourth-order valence-electron chi connectivity index (χ4n) is 4.07. The van der Waals surface area contributed by atoms with Crippen LogP contribution in [0.3, 0.4) is 0 Å². The number of primary amides is 1. The van der Waals surface area contributed by atoms with Crippen molar-refractivity contribution < 1.29 is 14.1 Å². The normalized spacial score (nSPS) is 17.4. The Bertz CT molecular complexity index is 1160. The van der Waals surface area contributed by atoms with Crippen LogP contribution < -0.4 is 11.2 Å². The fraction of sp³-hybridized carbons (Fsp3) is 0.385. The van der Waals surface area contributed by atoms with Crippen LogP contribution in [0.5, 0.6) is 0 Å². The fourth-order valence-corrected chi connectivity index (χ4v) is 4.07. The SMILES string of the molecule is Cc1cn(-c2ccc(C(C)(C)c3ccc(B4OC(C)(C)C(C)(C)O4)cc3)cc2)nc1C(N)=O. The van der Waals surface area contributed by atoms with Gasteiger partial charge in [0.25, 0.3) is 5.91 Å². The highest BCUT2D eigenvalue weighted by atomic mass is 16.7. The molecular weight excluding hydrogens is 413 g/mol. The van der Waals surface area contributed by atoms with Gasteiger partial charge >= 0.3 is 7.12 Å². The molecule has 0 saturated carbocycles. The van der Waals surface area contributed by atoms with Gasteiger partial charge in [-0.15, -0.1) is 0 Å². The Labute approximate surface area is 196 Å². The Hall–Kier alpha value is -2.90. The Morgan fingerprint density at radius 1 is 0.939 bits per heavy atom. The summed E-state index contributed by atoms with van der Waals surface area (Å²) in [6.07, 6.45) is 1.81. The van der Waals surface area contributed by atoms with Crippen molar-refractivity contribution in [1.82, 2.24) is 9.78 Å². The third-order valence-electron chi connectivity index (χ3n) is 7.14. The number of aromatic nitrogens is 2.